The molecule has 1 saturated heterocycles. The Morgan fingerprint density at radius 1 is 1.07 bits per heavy atom. The topological polar surface area (TPSA) is 201 Å². The predicted octanol–water partition coefficient (Wildman–Crippen LogP) is 4.91. The van der Waals surface area contributed by atoms with Gasteiger partial charge in [0.2, 0.25) is 17.7 Å². The van der Waals surface area contributed by atoms with Crippen molar-refractivity contribution in [2.24, 2.45) is 11.3 Å². The molecule has 0 unspecified atom stereocenters. The van der Waals surface area contributed by atoms with Crippen LogP contribution < -0.4 is 29.6 Å². The molecule has 4 amide bonds. The zero-order valence-corrected chi connectivity index (χ0v) is 36.1. The fraction of sp³-hybridized carbons (Fsp3) is 0.658. The second kappa shape index (κ2) is 15.8. The molecule has 18 heteroatoms. The molecule has 5 rings (SSSR count). The minimum atomic E-state index is -4.47. The van der Waals surface area contributed by atoms with E-state index in [1.807, 2.05) is 18.6 Å². The number of carbonyl (C=O) groups is 4. The van der Waals surface area contributed by atoms with Crippen LogP contribution in [0.15, 0.2) is 22.7 Å². The Bertz CT molecular complexity index is 1980. The predicted molar refractivity (Wildman–Crippen MR) is 209 cm³/mol. The van der Waals surface area contributed by atoms with Crippen molar-refractivity contribution < 1.29 is 50.7 Å². The Morgan fingerprint density at radius 3 is 2.30 bits per heavy atom. The number of alkyl carbamates (subject to hydrolysis) is 1. The van der Waals surface area contributed by atoms with Crippen LogP contribution in [0.5, 0.6) is 17.4 Å². The number of nitrogens with zero attached hydrogens (tertiary/aromatic N) is 2. The number of halogens is 1. The Morgan fingerprint density at radius 2 is 1.75 bits per heavy atom. The first kappa shape index (κ1) is 43.2. The second-order valence-corrected chi connectivity index (χ2v) is 19.1. The number of aromatic nitrogens is 1. The average molecular weight is 869 g/mol. The van der Waals surface area contributed by atoms with E-state index in [0.29, 0.717) is 52.7 Å². The van der Waals surface area contributed by atoms with Gasteiger partial charge in [-0.1, -0.05) is 34.1 Å². The number of pyridine rings is 1. The molecule has 3 aliphatic rings. The Hall–Kier alpha value is -3.90. The Balaban J connectivity index is 1.48. The molecule has 16 nitrogen and oxygen atoms in total. The van der Waals surface area contributed by atoms with Crippen molar-refractivity contribution in [1.29, 1.82) is 0 Å². The van der Waals surface area contributed by atoms with Crippen LogP contribution in [0.1, 0.15) is 94.4 Å². The first-order valence-corrected chi connectivity index (χ1v) is 21.0. The Labute approximate surface area is 336 Å². The van der Waals surface area contributed by atoms with E-state index >= 15 is 0 Å². The number of hydrogen-bond donors (Lipinski definition) is 3. The van der Waals surface area contributed by atoms with Gasteiger partial charge in [0.05, 0.1) is 35.9 Å². The molecule has 0 radical (unpaired) electrons. The number of methoxy groups -OCH3 is 1. The van der Waals surface area contributed by atoms with Gasteiger partial charge >= 0.3 is 16.4 Å². The summed E-state index contributed by atoms with van der Waals surface area (Å²) in [6.07, 6.45) is 0.118. The van der Waals surface area contributed by atoms with Crippen LogP contribution >= 0.6 is 15.9 Å². The molecule has 1 aliphatic heterocycles. The molecule has 2 saturated carbocycles. The first-order valence-electron chi connectivity index (χ1n) is 18.8. The number of benzene rings is 1. The van der Waals surface area contributed by atoms with Crippen LogP contribution in [0, 0.1) is 11.3 Å². The van der Waals surface area contributed by atoms with Crippen molar-refractivity contribution >= 4 is 61.0 Å². The fourth-order valence-electron chi connectivity index (χ4n) is 6.82. The molecule has 0 bridgehead atoms. The quantitative estimate of drug-likeness (QED) is 0.232. The van der Waals surface area contributed by atoms with Gasteiger partial charge in [-0.3, -0.25) is 14.4 Å². The van der Waals surface area contributed by atoms with E-state index in [9.17, 15) is 27.6 Å². The van der Waals surface area contributed by atoms with Gasteiger partial charge in [0, 0.05) is 17.9 Å². The van der Waals surface area contributed by atoms with Crippen molar-refractivity contribution in [2.45, 2.75) is 129 Å². The molecular weight excluding hydrogens is 814 g/mol. The lowest BCUT2D eigenvalue weighted by Crippen LogP contribution is -2.60. The minimum Gasteiger partial charge on any atom is -0.495 e. The highest BCUT2D eigenvalue weighted by Crippen LogP contribution is 2.47. The molecule has 0 spiro atoms. The summed E-state index contributed by atoms with van der Waals surface area (Å²) in [7, 11) is -2.94. The van der Waals surface area contributed by atoms with E-state index < -0.39 is 74.5 Å². The lowest BCUT2D eigenvalue weighted by atomic mass is 9.85. The molecule has 56 heavy (non-hydrogen) atoms. The molecule has 2 heterocycles. The number of rotatable bonds is 14. The molecule has 5 atom stereocenters. The summed E-state index contributed by atoms with van der Waals surface area (Å²) in [5.74, 6) is -1.37. The smallest absolute Gasteiger partial charge is 0.408 e. The lowest BCUT2D eigenvalue weighted by molar-refractivity contribution is -0.143. The van der Waals surface area contributed by atoms with E-state index in [2.05, 4.69) is 31.5 Å². The van der Waals surface area contributed by atoms with Crippen LogP contribution in [0.25, 0.3) is 10.9 Å². The van der Waals surface area contributed by atoms with Crippen LogP contribution in [-0.4, -0.2) is 97.3 Å². The summed E-state index contributed by atoms with van der Waals surface area (Å²) in [5.41, 5.74) is -3.62. The number of likely N-dealkylation sites (tertiary alicyclic amines) is 1. The van der Waals surface area contributed by atoms with E-state index in [1.54, 1.807) is 66.7 Å². The zero-order chi connectivity index (χ0) is 41.6. The maximum Gasteiger partial charge on any atom is 0.408 e. The van der Waals surface area contributed by atoms with Gasteiger partial charge in [-0.05, 0) is 93.3 Å². The number of ether oxygens (including phenoxy) is 4. The maximum absolute atomic E-state index is 14.6. The molecule has 1 aromatic heterocycles. The molecule has 1 aromatic carbocycles. The molecule has 3 fully saturated rings. The largest absolute Gasteiger partial charge is 0.495 e. The van der Waals surface area contributed by atoms with Gasteiger partial charge in [0.15, 0.2) is 0 Å². The first-order chi connectivity index (χ1) is 25.9. The van der Waals surface area contributed by atoms with Crippen molar-refractivity contribution in [3.05, 3.63) is 22.7 Å². The zero-order valence-electron chi connectivity index (χ0n) is 33.7. The van der Waals surface area contributed by atoms with Gasteiger partial charge in [0.25, 0.3) is 5.91 Å². The molecule has 2 aromatic rings. The summed E-state index contributed by atoms with van der Waals surface area (Å²) in [5, 5.41) is 6.14. The summed E-state index contributed by atoms with van der Waals surface area (Å²) < 4.78 is 56.7. The minimum absolute atomic E-state index is 0.0137. The normalized spacial score (nSPS) is 23.5. The van der Waals surface area contributed by atoms with Gasteiger partial charge in [-0.2, -0.15) is 8.42 Å². The highest BCUT2D eigenvalue weighted by Gasteiger charge is 2.62. The average Bonchev–Trinajstić information content (AvgIpc) is 3.94. The summed E-state index contributed by atoms with van der Waals surface area (Å²) in [4.78, 5) is 61.7. The Kier molecular flexibility index (Phi) is 12.2. The number of fused-ring (bicyclic) bond motifs is 1. The van der Waals surface area contributed by atoms with E-state index in [-0.39, 0.29) is 31.2 Å². The van der Waals surface area contributed by atoms with Crippen molar-refractivity contribution in [2.75, 3.05) is 20.3 Å². The van der Waals surface area contributed by atoms with Crippen molar-refractivity contribution in [1.82, 2.24) is 25.2 Å². The molecule has 3 N–H and O–H groups in total. The van der Waals surface area contributed by atoms with E-state index in [0.717, 1.165) is 0 Å². The summed E-state index contributed by atoms with van der Waals surface area (Å²) in [6.45, 7) is 16.0. The van der Waals surface area contributed by atoms with Crippen molar-refractivity contribution in [3.63, 3.8) is 0 Å². The summed E-state index contributed by atoms with van der Waals surface area (Å²) in [6, 6.07) is 2.82. The fourth-order valence-corrected chi connectivity index (χ4v) is 8.56. The number of nitrogens with one attached hydrogen (secondary N) is 3. The van der Waals surface area contributed by atoms with Crippen LogP contribution in [0.3, 0.4) is 0 Å². The lowest BCUT2D eigenvalue weighted by Gasteiger charge is -2.36. The van der Waals surface area contributed by atoms with Gasteiger partial charge in [-0.15, -0.1) is 0 Å². The standard InChI is InChI=1S/C38H54BrN5O11S/c1-11-21-19-38(21,33(47)43-56(49,50)55-37(9)15-16-37)42-31(45)24-17-22(20-44(24)32(46)30(35(3,4)5)41-34(48)54-36(6,7)8)53-26-18-27(52-12-2)40-29-23(26)13-14-25(51-10)28(29)39/h13-14,18,21-22,24,30H,11-12,15-17,19-20H2,1-10H3,(H,41,48)(H,42,45)(H,43,47)/t21-,22-,24+,30-,38-/m1/s1. The third-order valence-electron chi connectivity index (χ3n) is 10.1. The number of amides is 4. The molecule has 310 valence electrons. The van der Waals surface area contributed by atoms with Crippen LogP contribution in [-0.2, 0) is 33.6 Å². The second-order valence-electron chi connectivity index (χ2n) is 17.0. The van der Waals surface area contributed by atoms with Crippen LogP contribution in [0.4, 0.5) is 4.79 Å². The highest BCUT2D eigenvalue weighted by molar-refractivity contribution is 9.10. The molecular formula is C38H54BrN5O11S. The highest BCUT2D eigenvalue weighted by atomic mass is 79.9. The van der Waals surface area contributed by atoms with Gasteiger partial charge < -0.3 is 34.5 Å². The number of hydrogen-bond acceptors (Lipinski definition) is 12. The SMILES string of the molecule is CCOc1cc(O[C@@H]2C[C@@H](C(=O)N[C@]3(C(=O)NS(=O)(=O)OC4(C)CC4)C[C@H]3CC)N(C(=O)[C@@H](NC(=O)OC(C)(C)C)C(C)(C)C)C2)c2ccc(OC)c(Br)c2n1. The van der Waals surface area contributed by atoms with Gasteiger partial charge in [0.1, 0.15) is 40.8 Å². The summed E-state index contributed by atoms with van der Waals surface area (Å²) >= 11 is 3.57. The van der Waals surface area contributed by atoms with Crippen LogP contribution in [0.2, 0.25) is 0 Å². The van der Waals surface area contributed by atoms with Crippen molar-refractivity contribution in [3.8, 4) is 17.4 Å². The van der Waals surface area contributed by atoms with Gasteiger partial charge in [-0.25, -0.2) is 18.7 Å². The molecule has 2 aliphatic carbocycles. The third-order valence-corrected chi connectivity index (χ3v) is 11.9. The van der Waals surface area contributed by atoms with E-state index in [4.69, 9.17) is 23.1 Å². The number of carbonyl (C=O) groups excluding carboxylic acids is 4. The maximum atomic E-state index is 14.6. The van der Waals surface area contributed by atoms with E-state index in [1.165, 1.54) is 12.0 Å². The third kappa shape index (κ3) is 9.79. The monoisotopic (exact) mass is 867 g/mol.